The van der Waals surface area contributed by atoms with Gasteiger partial charge in [0.15, 0.2) is 27.1 Å². The zero-order valence-electron chi connectivity index (χ0n) is 11.9. The fraction of sp³-hybridized carbons (Fsp3) is 0.500. The third kappa shape index (κ3) is 3.16. The van der Waals surface area contributed by atoms with Crippen molar-refractivity contribution in [3.8, 4) is 11.5 Å². The van der Waals surface area contributed by atoms with Crippen molar-refractivity contribution in [1.82, 2.24) is 0 Å². The molecule has 1 fully saturated rings. The molecular formula is C14H17ClO5S. The van der Waals surface area contributed by atoms with Crippen LogP contribution in [0, 0.1) is 0 Å². The second kappa shape index (κ2) is 6.23. The van der Waals surface area contributed by atoms with E-state index in [1.807, 2.05) is 0 Å². The second-order valence-corrected chi connectivity index (χ2v) is 7.61. The van der Waals surface area contributed by atoms with Crippen LogP contribution in [0.1, 0.15) is 29.6 Å². The molecule has 1 aromatic rings. The molecule has 7 heteroatoms. The molecule has 5 nitrogen and oxygen atoms in total. The molecule has 0 radical (unpaired) electrons. The standard InChI is InChI=1S/C14H17ClO5S/c1-19-11-7-9(10(15)8-12(11)20-2)14(16)13-5-3-4-6-21(13,17)18/h7-8,13H,3-6H2,1-2H3. The molecule has 21 heavy (non-hydrogen) atoms. The van der Waals surface area contributed by atoms with Crippen LogP contribution in [0.25, 0.3) is 0 Å². The Kier molecular flexibility index (Phi) is 4.78. The van der Waals surface area contributed by atoms with Crippen LogP contribution in [0.2, 0.25) is 5.02 Å². The quantitative estimate of drug-likeness (QED) is 0.792. The Hall–Kier alpha value is -1.27. The van der Waals surface area contributed by atoms with E-state index in [0.29, 0.717) is 24.3 Å². The molecule has 0 aliphatic carbocycles. The van der Waals surface area contributed by atoms with Gasteiger partial charge in [-0.3, -0.25) is 4.79 Å². The van der Waals surface area contributed by atoms with Gasteiger partial charge in [0.2, 0.25) is 0 Å². The summed E-state index contributed by atoms with van der Waals surface area (Å²) in [6.07, 6.45) is 1.66. The summed E-state index contributed by atoms with van der Waals surface area (Å²) >= 11 is 6.09. The second-order valence-electron chi connectivity index (χ2n) is 4.90. The van der Waals surface area contributed by atoms with Gasteiger partial charge in [0.25, 0.3) is 0 Å². The molecule has 1 heterocycles. The molecule has 0 bridgehead atoms. The molecule has 0 spiro atoms. The molecule has 1 aromatic carbocycles. The number of methoxy groups -OCH3 is 2. The van der Waals surface area contributed by atoms with Gasteiger partial charge in [-0.05, 0) is 18.9 Å². The molecule has 1 unspecified atom stereocenters. The summed E-state index contributed by atoms with van der Waals surface area (Å²) in [6, 6.07) is 2.90. The largest absolute Gasteiger partial charge is 0.493 e. The van der Waals surface area contributed by atoms with E-state index in [1.54, 1.807) is 0 Å². The van der Waals surface area contributed by atoms with E-state index < -0.39 is 20.9 Å². The fourth-order valence-electron chi connectivity index (χ4n) is 2.47. The third-order valence-electron chi connectivity index (χ3n) is 3.61. The number of carbonyl (C=O) groups excluding carboxylic acids is 1. The maximum atomic E-state index is 12.5. The highest BCUT2D eigenvalue weighted by atomic mass is 35.5. The Morgan fingerprint density at radius 3 is 2.38 bits per heavy atom. The number of rotatable bonds is 4. The van der Waals surface area contributed by atoms with E-state index in [1.165, 1.54) is 26.4 Å². The highest BCUT2D eigenvalue weighted by Crippen LogP contribution is 2.35. The Balaban J connectivity index is 2.43. The minimum Gasteiger partial charge on any atom is -0.493 e. The zero-order chi connectivity index (χ0) is 15.6. The average molecular weight is 333 g/mol. The van der Waals surface area contributed by atoms with Crippen molar-refractivity contribution < 1.29 is 22.7 Å². The van der Waals surface area contributed by atoms with E-state index in [2.05, 4.69) is 0 Å². The highest BCUT2D eigenvalue weighted by molar-refractivity contribution is 7.92. The Bertz CT molecular complexity index is 654. The maximum absolute atomic E-state index is 12.5. The van der Waals surface area contributed by atoms with E-state index in [4.69, 9.17) is 21.1 Å². The van der Waals surface area contributed by atoms with Crippen molar-refractivity contribution in [1.29, 1.82) is 0 Å². The molecule has 1 aliphatic rings. The minimum absolute atomic E-state index is 0.0499. The van der Waals surface area contributed by atoms with E-state index in [0.717, 1.165) is 6.42 Å². The van der Waals surface area contributed by atoms with Crippen LogP contribution in [0.4, 0.5) is 0 Å². The lowest BCUT2D eigenvalue weighted by molar-refractivity contribution is 0.0981. The van der Waals surface area contributed by atoms with Crippen LogP contribution in [0.5, 0.6) is 11.5 Å². The van der Waals surface area contributed by atoms with E-state index >= 15 is 0 Å². The van der Waals surface area contributed by atoms with Crippen LogP contribution in [0.15, 0.2) is 12.1 Å². The molecule has 1 saturated heterocycles. The first kappa shape index (κ1) is 16.1. The summed E-state index contributed by atoms with van der Waals surface area (Å²) in [7, 11) is -0.502. The van der Waals surface area contributed by atoms with Crippen molar-refractivity contribution in [2.45, 2.75) is 24.5 Å². The molecule has 1 atom stereocenters. The number of benzene rings is 1. The summed E-state index contributed by atoms with van der Waals surface area (Å²) in [4.78, 5) is 12.5. The first-order chi connectivity index (χ1) is 9.90. The van der Waals surface area contributed by atoms with Gasteiger partial charge in [0.1, 0.15) is 5.25 Å². The summed E-state index contributed by atoms with van der Waals surface area (Å²) in [6.45, 7) is 0. The number of hydrogen-bond acceptors (Lipinski definition) is 5. The monoisotopic (exact) mass is 332 g/mol. The number of ether oxygens (including phenoxy) is 2. The van der Waals surface area contributed by atoms with Crippen molar-refractivity contribution in [2.24, 2.45) is 0 Å². The Labute approximate surface area is 129 Å². The smallest absolute Gasteiger partial charge is 0.182 e. The molecule has 0 aromatic heterocycles. The number of hydrogen-bond donors (Lipinski definition) is 0. The van der Waals surface area contributed by atoms with Gasteiger partial charge in [-0.1, -0.05) is 18.0 Å². The Morgan fingerprint density at radius 2 is 1.81 bits per heavy atom. The fourth-order valence-corrected chi connectivity index (χ4v) is 4.58. The number of ketones is 1. The van der Waals surface area contributed by atoms with Gasteiger partial charge in [-0.2, -0.15) is 0 Å². The van der Waals surface area contributed by atoms with Gasteiger partial charge in [0, 0.05) is 11.6 Å². The van der Waals surface area contributed by atoms with Crippen LogP contribution in [-0.4, -0.2) is 39.4 Å². The number of sulfone groups is 1. The van der Waals surface area contributed by atoms with Crippen LogP contribution < -0.4 is 9.47 Å². The average Bonchev–Trinajstić information content (AvgIpc) is 2.45. The molecule has 2 rings (SSSR count). The van der Waals surface area contributed by atoms with E-state index in [-0.39, 0.29) is 16.3 Å². The predicted octanol–water partition coefficient (Wildman–Crippen LogP) is 2.51. The first-order valence-electron chi connectivity index (χ1n) is 6.58. The number of Topliss-reactive ketones (excluding diaryl/α,β-unsaturated/α-hetero) is 1. The van der Waals surface area contributed by atoms with Gasteiger partial charge >= 0.3 is 0 Å². The van der Waals surface area contributed by atoms with Gasteiger partial charge in [-0.25, -0.2) is 8.42 Å². The molecule has 116 valence electrons. The topological polar surface area (TPSA) is 69.7 Å². The molecule has 1 aliphatic heterocycles. The molecule has 0 amide bonds. The van der Waals surface area contributed by atoms with Crippen LogP contribution >= 0.6 is 11.6 Å². The van der Waals surface area contributed by atoms with Crippen molar-refractivity contribution in [3.05, 3.63) is 22.7 Å². The first-order valence-corrected chi connectivity index (χ1v) is 8.67. The summed E-state index contributed by atoms with van der Waals surface area (Å²) in [5, 5.41) is -0.847. The number of carbonyl (C=O) groups is 1. The molecule has 0 N–H and O–H groups in total. The predicted molar refractivity (Wildman–Crippen MR) is 80.3 cm³/mol. The van der Waals surface area contributed by atoms with Gasteiger partial charge in [0.05, 0.1) is 25.0 Å². The number of halogens is 1. The minimum atomic E-state index is -3.40. The summed E-state index contributed by atoms with van der Waals surface area (Å²) in [5.41, 5.74) is 0.157. The molecular weight excluding hydrogens is 316 g/mol. The van der Waals surface area contributed by atoms with Crippen LogP contribution in [0.3, 0.4) is 0 Å². The van der Waals surface area contributed by atoms with Gasteiger partial charge < -0.3 is 9.47 Å². The van der Waals surface area contributed by atoms with Crippen molar-refractivity contribution in [3.63, 3.8) is 0 Å². The summed E-state index contributed by atoms with van der Waals surface area (Å²) in [5.74, 6) is 0.318. The van der Waals surface area contributed by atoms with Gasteiger partial charge in [-0.15, -0.1) is 0 Å². The highest BCUT2D eigenvalue weighted by Gasteiger charge is 2.36. The van der Waals surface area contributed by atoms with Crippen molar-refractivity contribution in [2.75, 3.05) is 20.0 Å². The lowest BCUT2D eigenvalue weighted by atomic mass is 10.0. The third-order valence-corrected chi connectivity index (χ3v) is 6.10. The molecule has 0 saturated carbocycles. The SMILES string of the molecule is COc1cc(Cl)c(C(=O)C2CCCCS2(=O)=O)cc1OC. The Morgan fingerprint density at radius 1 is 1.19 bits per heavy atom. The summed E-state index contributed by atoms with van der Waals surface area (Å²) < 4.78 is 34.4. The van der Waals surface area contributed by atoms with Crippen LogP contribution in [-0.2, 0) is 9.84 Å². The maximum Gasteiger partial charge on any atom is 0.182 e. The van der Waals surface area contributed by atoms with E-state index in [9.17, 15) is 13.2 Å². The lowest BCUT2D eigenvalue weighted by Gasteiger charge is -2.22. The zero-order valence-corrected chi connectivity index (χ0v) is 13.5. The lowest BCUT2D eigenvalue weighted by Crippen LogP contribution is -2.35. The normalized spacial score (nSPS) is 20.8. The van der Waals surface area contributed by atoms with Crippen molar-refractivity contribution >= 4 is 27.2 Å².